The summed E-state index contributed by atoms with van der Waals surface area (Å²) in [5.41, 5.74) is 2.59. The number of anilines is 1. The van der Waals surface area contributed by atoms with E-state index in [0.717, 1.165) is 48.4 Å². The molecule has 3 rings (SSSR count). The number of carbonyl (C=O) groups is 2. The molecule has 1 saturated heterocycles. The Hall–Kier alpha value is -2.89. The van der Waals surface area contributed by atoms with Crippen molar-refractivity contribution in [3.05, 3.63) is 59.4 Å². The Bertz CT molecular complexity index is 915. The van der Waals surface area contributed by atoms with Gasteiger partial charge in [-0.2, -0.15) is 0 Å². The summed E-state index contributed by atoms with van der Waals surface area (Å²) >= 11 is 0. The lowest BCUT2D eigenvalue weighted by Crippen LogP contribution is -2.40. The van der Waals surface area contributed by atoms with Crippen molar-refractivity contribution in [3.63, 3.8) is 0 Å². The van der Waals surface area contributed by atoms with E-state index < -0.39 is 0 Å². The van der Waals surface area contributed by atoms with E-state index in [1.54, 1.807) is 13.2 Å². The lowest BCUT2D eigenvalue weighted by molar-refractivity contribution is -0.133. The number of nitrogens with one attached hydrogen (secondary N) is 1. The summed E-state index contributed by atoms with van der Waals surface area (Å²) < 4.78 is 18.5. The summed E-state index contributed by atoms with van der Waals surface area (Å²) in [6.07, 6.45) is 4.10. The Morgan fingerprint density at radius 2 is 2.03 bits per heavy atom. The number of likely N-dealkylation sites (tertiary alicyclic amines) is 1. The fraction of sp³-hybridized carbons (Fsp3) is 0.440. The van der Waals surface area contributed by atoms with Crippen LogP contribution in [0.5, 0.6) is 5.75 Å². The van der Waals surface area contributed by atoms with Crippen LogP contribution in [0.15, 0.2) is 42.5 Å². The Morgan fingerprint density at radius 1 is 1.19 bits per heavy atom. The molecule has 2 amide bonds. The van der Waals surface area contributed by atoms with Crippen molar-refractivity contribution in [2.24, 2.45) is 5.92 Å². The molecule has 0 radical (unpaired) electrons. The van der Waals surface area contributed by atoms with Gasteiger partial charge in [0.1, 0.15) is 11.6 Å². The monoisotopic (exact) mass is 426 g/mol. The zero-order valence-electron chi connectivity index (χ0n) is 18.3. The second kappa shape index (κ2) is 10.9. The Kier molecular flexibility index (Phi) is 8.04. The summed E-state index contributed by atoms with van der Waals surface area (Å²) in [4.78, 5) is 26.9. The predicted molar refractivity (Wildman–Crippen MR) is 120 cm³/mol. The molecular weight excluding hydrogens is 395 g/mol. The summed E-state index contributed by atoms with van der Waals surface area (Å²) in [7, 11) is 1.62. The number of amides is 2. The predicted octanol–water partition coefficient (Wildman–Crippen LogP) is 4.73. The molecule has 0 aliphatic carbocycles. The molecule has 0 saturated carbocycles. The van der Waals surface area contributed by atoms with Crippen molar-refractivity contribution in [2.45, 2.75) is 45.4 Å². The highest BCUT2D eigenvalue weighted by Crippen LogP contribution is 2.24. The fourth-order valence-corrected chi connectivity index (χ4v) is 4.08. The molecule has 1 aliphatic rings. The normalized spacial score (nSPS) is 16.1. The van der Waals surface area contributed by atoms with Crippen LogP contribution in [0.1, 0.15) is 43.2 Å². The minimum absolute atomic E-state index is 0.0113. The lowest BCUT2D eigenvalue weighted by Gasteiger charge is -2.33. The average molecular weight is 427 g/mol. The van der Waals surface area contributed by atoms with Crippen LogP contribution in [0.4, 0.5) is 10.1 Å². The van der Waals surface area contributed by atoms with E-state index in [1.165, 1.54) is 12.1 Å². The van der Waals surface area contributed by atoms with E-state index in [-0.39, 0.29) is 17.6 Å². The zero-order valence-corrected chi connectivity index (χ0v) is 18.3. The van der Waals surface area contributed by atoms with Gasteiger partial charge in [0.15, 0.2) is 0 Å². The Labute approximate surface area is 183 Å². The maximum atomic E-state index is 13.3. The average Bonchev–Trinajstić information content (AvgIpc) is 2.77. The molecule has 0 spiro atoms. The van der Waals surface area contributed by atoms with Crippen LogP contribution in [0.2, 0.25) is 0 Å². The van der Waals surface area contributed by atoms with E-state index in [4.69, 9.17) is 4.74 Å². The van der Waals surface area contributed by atoms with Gasteiger partial charge in [-0.1, -0.05) is 12.1 Å². The van der Waals surface area contributed by atoms with Gasteiger partial charge < -0.3 is 15.0 Å². The molecule has 166 valence electrons. The zero-order chi connectivity index (χ0) is 22.2. The molecule has 1 N–H and O–H groups in total. The van der Waals surface area contributed by atoms with Crippen molar-refractivity contribution in [2.75, 3.05) is 25.5 Å². The smallest absolute Gasteiger partial charge is 0.224 e. The molecule has 1 heterocycles. The van der Waals surface area contributed by atoms with Crippen molar-refractivity contribution < 1.29 is 18.7 Å². The Morgan fingerprint density at radius 3 is 2.77 bits per heavy atom. The number of halogens is 1. The molecule has 2 aromatic rings. The van der Waals surface area contributed by atoms with Gasteiger partial charge in [-0.05, 0) is 80.0 Å². The van der Waals surface area contributed by atoms with Crippen molar-refractivity contribution in [3.8, 4) is 5.75 Å². The van der Waals surface area contributed by atoms with Gasteiger partial charge in [-0.3, -0.25) is 9.59 Å². The van der Waals surface area contributed by atoms with Gasteiger partial charge in [0.2, 0.25) is 11.8 Å². The second-order valence-electron chi connectivity index (χ2n) is 8.25. The molecule has 31 heavy (non-hydrogen) atoms. The van der Waals surface area contributed by atoms with Crippen LogP contribution >= 0.6 is 0 Å². The van der Waals surface area contributed by atoms with Crippen LogP contribution in [0.25, 0.3) is 0 Å². The SMILES string of the molecule is COc1ccc(NC(=O)CC[C@H]2CCCN(C(=O)CCc3cccc(F)c3)C2)c(C)c1. The van der Waals surface area contributed by atoms with Crippen LogP contribution in [-0.2, 0) is 16.0 Å². The standard InChI is InChI=1S/C25H31FN2O3/c1-18-15-22(31-2)10-11-23(18)27-24(29)12-8-20-6-4-14-28(17-20)25(30)13-9-19-5-3-7-21(26)16-19/h3,5,7,10-11,15-16,20H,4,6,8-9,12-14,17H2,1-2H3,(H,27,29)/t20-/m1/s1. The number of rotatable bonds is 8. The van der Waals surface area contributed by atoms with E-state index in [2.05, 4.69) is 5.32 Å². The van der Waals surface area contributed by atoms with Gasteiger partial charge in [0.25, 0.3) is 0 Å². The quantitative estimate of drug-likeness (QED) is 0.664. The van der Waals surface area contributed by atoms with Crippen LogP contribution in [0, 0.1) is 18.7 Å². The molecule has 0 bridgehead atoms. The number of hydrogen-bond acceptors (Lipinski definition) is 3. The molecule has 6 heteroatoms. The largest absolute Gasteiger partial charge is 0.497 e. The minimum Gasteiger partial charge on any atom is -0.497 e. The van der Waals surface area contributed by atoms with Gasteiger partial charge in [0.05, 0.1) is 7.11 Å². The van der Waals surface area contributed by atoms with Gasteiger partial charge >= 0.3 is 0 Å². The first-order valence-electron chi connectivity index (χ1n) is 10.9. The van der Waals surface area contributed by atoms with Crippen molar-refractivity contribution >= 4 is 17.5 Å². The highest BCUT2D eigenvalue weighted by atomic mass is 19.1. The number of piperidine rings is 1. The van der Waals surface area contributed by atoms with Gasteiger partial charge in [-0.15, -0.1) is 0 Å². The fourth-order valence-electron chi connectivity index (χ4n) is 4.08. The highest BCUT2D eigenvalue weighted by Gasteiger charge is 2.24. The first-order chi connectivity index (χ1) is 14.9. The van der Waals surface area contributed by atoms with E-state index in [0.29, 0.717) is 31.7 Å². The third-order valence-corrected chi connectivity index (χ3v) is 5.88. The number of methoxy groups -OCH3 is 1. The molecular formula is C25H31FN2O3. The molecule has 0 aromatic heterocycles. The van der Waals surface area contributed by atoms with Gasteiger partial charge in [0, 0.05) is 31.6 Å². The molecule has 5 nitrogen and oxygen atoms in total. The topological polar surface area (TPSA) is 58.6 Å². The number of hydrogen-bond donors (Lipinski definition) is 1. The van der Waals surface area contributed by atoms with E-state index in [1.807, 2.05) is 36.1 Å². The number of benzene rings is 2. The molecule has 0 unspecified atom stereocenters. The van der Waals surface area contributed by atoms with Crippen LogP contribution in [-0.4, -0.2) is 36.9 Å². The highest BCUT2D eigenvalue weighted by molar-refractivity contribution is 5.91. The summed E-state index contributed by atoms with van der Waals surface area (Å²) in [5, 5.41) is 2.97. The number of aryl methyl sites for hydroxylation is 2. The molecule has 1 fully saturated rings. The van der Waals surface area contributed by atoms with E-state index in [9.17, 15) is 14.0 Å². The number of ether oxygens (including phenoxy) is 1. The van der Waals surface area contributed by atoms with E-state index >= 15 is 0 Å². The lowest BCUT2D eigenvalue weighted by atomic mass is 9.93. The third-order valence-electron chi connectivity index (χ3n) is 5.88. The minimum atomic E-state index is -0.272. The summed E-state index contributed by atoms with van der Waals surface area (Å²) in [5.74, 6) is 0.913. The molecule has 1 aliphatic heterocycles. The number of nitrogens with zero attached hydrogens (tertiary/aromatic N) is 1. The Balaban J connectivity index is 1.43. The van der Waals surface area contributed by atoms with Crippen molar-refractivity contribution in [1.29, 1.82) is 0 Å². The maximum absolute atomic E-state index is 13.3. The van der Waals surface area contributed by atoms with Crippen LogP contribution < -0.4 is 10.1 Å². The first-order valence-corrected chi connectivity index (χ1v) is 10.9. The van der Waals surface area contributed by atoms with Crippen LogP contribution in [0.3, 0.4) is 0 Å². The molecule has 1 atom stereocenters. The number of carbonyl (C=O) groups excluding carboxylic acids is 2. The summed E-state index contributed by atoms with van der Waals surface area (Å²) in [6.45, 7) is 3.39. The molecule has 2 aromatic carbocycles. The maximum Gasteiger partial charge on any atom is 0.224 e. The third kappa shape index (κ3) is 6.81. The summed E-state index contributed by atoms with van der Waals surface area (Å²) in [6, 6.07) is 12.0. The van der Waals surface area contributed by atoms with Crippen molar-refractivity contribution in [1.82, 2.24) is 4.90 Å². The second-order valence-corrected chi connectivity index (χ2v) is 8.25. The van der Waals surface area contributed by atoms with Gasteiger partial charge in [-0.25, -0.2) is 4.39 Å². The first kappa shape index (κ1) is 22.8.